The van der Waals surface area contributed by atoms with Gasteiger partial charge in [-0.15, -0.1) is 11.8 Å². The van der Waals surface area contributed by atoms with Gasteiger partial charge in [-0.1, -0.05) is 12.1 Å². The van der Waals surface area contributed by atoms with Crippen LogP contribution in [0.15, 0.2) is 33.6 Å². The van der Waals surface area contributed by atoms with E-state index in [4.69, 9.17) is 0 Å². The average molecular weight is 285 g/mol. The number of ketones is 1. The Morgan fingerprint density at radius 3 is 2.87 bits per heavy atom. The van der Waals surface area contributed by atoms with Gasteiger partial charge in [0.25, 0.3) is 0 Å². The van der Waals surface area contributed by atoms with E-state index in [1.165, 1.54) is 4.90 Å². The van der Waals surface area contributed by atoms with E-state index in [0.717, 1.165) is 30.2 Å². The molecule has 1 unspecified atom stereocenters. The van der Waals surface area contributed by atoms with Crippen molar-refractivity contribution >= 4 is 33.5 Å². The predicted octanol–water partition coefficient (Wildman–Crippen LogP) is 4.05. The Morgan fingerprint density at radius 1 is 1.33 bits per heavy atom. The molecule has 0 bridgehead atoms. The zero-order valence-corrected chi connectivity index (χ0v) is 10.8. The van der Waals surface area contributed by atoms with Crippen LogP contribution in [0.1, 0.15) is 25.7 Å². The maximum atomic E-state index is 11.3. The molecular weight excluding hydrogens is 272 g/mol. The summed E-state index contributed by atoms with van der Waals surface area (Å²) < 4.78 is 1.13. The number of Topliss-reactive ketones (excluding diaryl/α,β-unsaturated/α-hetero) is 1. The van der Waals surface area contributed by atoms with Crippen molar-refractivity contribution in [2.24, 2.45) is 0 Å². The number of benzene rings is 1. The van der Waals surface area contributed by atoms with Gasteiger partial charge in [-0.25, -0.2) is 0 Å². The number of rotatable bonds is 2. The van der Waals surface area contributed by atoms with Gasteiger partial charge in [-0.2, -0.15) is 0 Å². The zero-order valence-electron chi connectivity index (χ0n) is 8.41. The van der Waals surface area contributed by atoms with Gasteiger partial charge in [0.05, 0.1) is 0 Å². The molecule has 0 heterocycles. The summed E-state index contributed by atoms with van der Waals surface area (Å²) >= 11 is 5.36. The molecule has 80 valence electrons. The molecule has 0 amide bonds. The van der Waals surface area contributed by atoms with E-state index < -0.39 is 0 Å². The van der Waals surface area contributed by atoms with Crippen molar-refractivity contribution in [3.63, 3.8) is 0 Å². The number of halogens is 1. The first-order chi connectivity index (χ1) is 7.25. The Morgan fingerprint density at radius 2 is 2.13 bits per heavy atom. The van der Waals surface area contributed by atoms with Crippen LogP contribution in [0.2, 0.25) is 0 Å². The average Bonchev–Trinajstić information content (AvgIpc) is 2.22. The van der Waals surface area contributed by atoms with E-state index in [0.29, 0.717) is 11.0 Å². The third kappa shape index (κ3) is 3.08. The van der Waals surface area contributed by atoms with E-state index >= 15 is 0 Å². The molecule has 0 aliphatic heterocycles. The van der Waals surface area contributed by atoms with E-state index in [1.807, 2.05) is 30.0 Å². The molecule has 1 nitrogen and oxygen atoms in total. The highest BCUT2D eigenvalue weighted by Crippen LogP contribution is 2.35. The molecule has 0 radical (unpaired) electrons. The normalized spacial score (nSPS) is 21.7. The molecule has 0 saturated heterocycles. The fraction of sp³-hybridized carbons (Fsp3) is 0.417. The molecule has 1 aliphatic carbocycles. The van der Waals surface area contributed by atoms with Crippen LogP contribution >= 0.6 is 27.7 Å². The summed E-state index contributed by atoms with van der Waals surface area (Å²) in [6.07, 6.45) is 3.75. The maximum absolute atomic E-state index is 11.3. The van der Waals surface area contributed by atoms with Crippen LogP contribution in [0.25, 0.3) is 0 Å². The maximum Gasteiger partial charge on any atom is 0.134 e. The molecule has 0 N–H and O–H groups in total. The lowest BCUT2D eigenvalue weighted by molar-refractivity contribution is -0.120. The van der Waals surface area contributed by atoms with Crippen molar-refractivity contribution in [3.05, 3.63) is 28.7 Å². The number of thioether (sulfide) groups is 1. The molecule has 0 spiro atoms. The predicted molar refractivity (Wildman–Crippen MR) is 67.3 cm³/mol. The summed E-state index contributed by atoms with van der Waals surface area (Å²) in [4.78, 5) is 12.6. The minimum absolute atomic E-state index is 0.422. The molecule has 3 heteroatoms. The first-order valence-electron chi connectivity index (χ1n) is 5.18. The van der Waals surface area contributed by atoms with Gasteiger partial charge in [0.2, 0.25) is 0 Å². The first kappa shape index (κ1) is 11.2. The lowest BCUT2D eigenvalue weighted by Gasteiger charge is -2.20. The number of carbonyl (C=O) groups is 1. The van der Waals surface area contributed by atoms with Crippen molar-refractivity contribution in [3.8, 4) is 0 Å². The second-order valence-electron chi connectivity index (χ2n) is 3.81. The molecule has 1 aromatic carbocycles. The van der Waals surface area contributed by atoms with Crippen LogP contribution in [-0.4, -0.2) is 11.0 Å². The lowest BCUT2D eigenvalue weighted by atomic mass is 9.99. The van der Waals surface area contributed by atoms with Crippen molar-refractivity contribution < 1.29 is 4.79 Å². The Labute approximate surface area is 103 Å². The van der Waals surface area contributed by atoms with Gasteiger partial charge in [0, 0.05) is 27.5 Å². The van der Waals surface area contributed by atoms with Crippen LogP contribution in [0.5, 0.6) is 0 Å². The quantitative estimate of drug-likeness (QED) is 0.815. The summed E-state index contributed by atoms with van der Waals surface area (Å²) in [7, 11) is 0. The Balaban J connectivity index is 2.02. The summed E-state index contributed by atoms with van der Waals surface area (Å²) in [5.41, 5.74) is 0. The van der Waals surface area contributed by atoms with Crippen molar-refractivity contribution in [2.75, 3.05) is 0 Å². The van der Waals surface area contributed by atoms with Gasteiger partial charge < -0.3 is 0 Å². The summed E-state index contributed by atoms with van der Waals surface area (Å²) in [6.45, 7) is 0. The fourth-order valence-corrected chi connectivity index (χ4v) is 3.62. The smallest absolute Gasteiger partial charge is 0.134 e. The topological polar surface area (TPSA) is 17.1 Å². The molecule has 1 atom stereocenters. The SMILES string of the molecule is O=C1CCCC(Sc2ccccc2Br)C1. The van der Waals surface area contributed by atoms with Gasteiger partial charge in [0.1, 0.15) is 5.78 Å². The molecule has 15 heavy (non-hydrogen) atoms. The number of hydrogen-bond donors (Lipinski definition) is 0. The minimum Gasteiger partial charge on any atom is -0.300 e. The molecule has 1 aliphatic rings. The van der Waals surface area contributed by atoms with E-state index in [2.05, 4.69) is 22.0 Å². The highest BCUT2D eigenvalue weighted by molar-refractivity contribution is 9.10. The standard InChI is InChI=1S/C12H13BrOS/c13-11-6-1-2-7-12(11)15-10-5-3-4-9(14)8-10/h1-2,6-7,10H,3-5,8H2. The summed E-state index contributed by atoms with van der Waals surface area (Å²) in [5, 5.41) is 0.477. The molecule has 1 aromatic rings. The second kappa shape index (κ2) is 5.17. The van der Waals surface area contributed by atoms with Crippen LogP contribution in [-0.2, 0) is 4.79 Å². The van der Waals surface area contributed by atoms with Gasteiger partial charge in [-0.3, -0.25) is 4.79 Å². The minimum atomic E-state index is 0.422. The zero-order chi connectivity index (χ0) is 10.7. The Kier molecular flexibility index (Phi) is 3.87. The Hall–Kier alpha value is -0.280. The lowest BCUT2D eigenvalue weighted by Crippen LogP contribution is -2.16. The van der Waals surface area contributed by atoms with Gasteiger partial charge in [0.15, 0.2) is 0 Å². The van der Waals surface area contributed by atoms with Crippen LogP contribution in [0.3, 0.4) is 0 Å². The van der Waals surface area contributed by atoms with Crippen LogP contribution in [0, 0.1) is 0 Å². The summed E-state index contributed by atoms with van der Waals surface area (Å²) in [6, 6.07) is 8.21. The van der Waals surface area contributed by atoms with Gasteiger partial charge in [-0.05, 0) is 40.9 Å². The Bertz CT molecular complexity index is 364. The van der Waals surface area contributed by atoms with E-state index in [9.17, 15) is 4.79 Å². The molecular formula is C12H13BrOS. The second-order valence-corrected chi connectivity index (χ2v) is 6.00. The summed E-state index contributed by atoms with van der Waals surface area (Å²) in [5.74, 6) is 0.422. The highest BCUT2D eigenvalue weighted by Gasteiger charge is 2.20. The van der Waals surface area contributed by atoms with Crippen LogP contribution in [0.4, 0.5) is 0 Å². The number of hydrogen-bond acceptors (Lipinski definition) is 2. The van der Waals surface area contributed by atoms with E-state index in [-0.39, 0.29) is 0 Å². The highest BCUT2D eigenvalue weighted by atomic mass is 79.9. The van der Waals surface area contributed by atoms with Crippen molar-refractivity contribution in [2.45, 2.75) is 35.8 Å². The van der Waals surface area contributed by atoms with Crippen LogP contribution < -0.4 is 0 Å². The van der Waals surface area contributed by atoms with Crippen molar-refractivity contribution in [1.29, 1.82) is 0 Å². The number of carbonyl (C=O) groups excluding carboxylic acids is 1. The third-order valence-electron chi connectivity index (χ3n) is 2.57. The first-order valence-corrected chi connectivity index (χ1v) is 6.86. The fourth-order valence-electron chi connectivity index (χ4n) is 1.81. The van der Waals surface area contributed by atoms with Gasteiger partial charge >= 0.3 is 0 Å². The van der Waals surface area contributed by atoms with E-state index in [1.54, 1.807) is 0 Å². The van der Waals surface area contributed by atoms with Crippen molar-refractivity contribution in [1.82, 2.24) is 0 Å². The molecule has 1 fully saturated rings. The molecule has 0 aromatic heterocycles. The molecule has 2 rings (SSSR count). The third-order valence-corrected chi connectivity index (χ3v) is 4.87. The largest absolute Gasteiger partial charge is 0.300 e. The molecule has 1 saturated carbocycles. The monoisotopic (exact) mass is 284 g/mol.